The number of aromatic hydroxyl groups is 1. The van der Waals surface area contributed by atoms with Crippen LogP contribution in [0.5, 0.6) is 5.75 Å². The number of amides is 2. The van der Waals surface area contributed by atoms with Crippen molar-refractivity contribution in [3.8, 4) is 17.1 Å². The number of aromatic nitrogens is 2. The molecule has 0 radical (unpaired) electrons. The Hall–Kier alpha value is -4.22. The third kappa shape index (κ3) is 6.97. The summed E-state index contributed by atoms with van der Waals surface area (Å²) >= 11 is 5.94. The number of phenolic OH excluding ortho intramolecular Hbond substituents is 1. The number of likely N-dealkylation sites (tertiary alicyclic amines) is 1. The molecule has 11 nitrogen and oxygen atoms in total. The van der Waals surface area contributed by atoms with Gasteiger partial charge in [0, 0.05) is 67.6 Å². The maximum absolute atomic E-state index is 13.0. The van der Waals surface area contributed by atoms with Gasteiger partial charge in [-0.15, -0.1) is 0 Å². The quantitative estimate of drug-likeness (QED) is 0.232. The van der Waals surface area contributed by atoms with E-state index in [0.29, 0.717) is 56.4 Å². The van der Waals surface area contributed by atoms with Gasteiger partial charge in [0.05, 0.1) is 23.2 Å². The van der Waals surface area contributed by atoms with Crippen molar-refractivity contribution in [2.45, 2.75) is 13.3 Å². The van der Waals surface area contributed by atoms with E-state index in [1.807, 2.05) is 28.9 Å². The molecule has 2 saturated heterocycles. The maximum atomic E-state index is 13.0. The Morgan fingerprint density at radius 3 is 2.45 bits per heavy atom. The number of nitrogens with one attached hydrogen (secondary N) is 1. The standard InChI is InChI=1S/C30H34ClN7O4/c1-20(35-42-2)23-16-32-29(33-17-23)21-3-6-25(7-4-21)37-11-13-38(14-12-37)28(40)19-36-10-9-22(18-36)30(41)34-24-5-8-27(39)26(31)15-24/h3-8,15-17,22,39H,9-14,18-19H2,1-2H3,(H,34,41)/t22-/m1/s1. The molecule has 5 rings (SSSR count). The molecule has 2 amide bonds. The molecule has 2 N–H and O–H groups in total. The van der Waals surface area contributed by atoms with Gasteiger partial charge in [-0.1, -0.05) is 16.8 Å². The molecule has 0 spiro atoms. The predicted molar refractivity (Wildman–Crippen MR) is 162 cm³/mol. The molecule has 2 aliphatic heterocycles. The van der Waals surface area contributed by atoms with Gasteiger partial charge < -0.3 is 25.1 Å². The van der Waals surface area contributed by atoms with Crippen LogP contribution in [-0.2, 0) is 14.4 Å². The third-order valence-electron chi connectivity index (χ3n) is 7.64. The lowest BCUT2D eigenvalue weighted by atomic mass is 10.1. The minimum absolute atomic E-state index is 0.0310. The summed E-state index contributed by atoms with van der Waals surface area (Å²) in [6, 6.07) is 12.7. The molecule has 1 aromatic heterocycles. The van der Waals surface area contributed by atoms with Crippen LogP contribution in [0.1, 0.15) is 18.9 Å². The van der Waals surface area contributed by atoms with Crippen LogP contribution in [0.4, 0.5) is 11.4 Å². The molecule has 2 aliphatic rings. The van der Waals surface area contributed by atoms with E-state index in [4.69, 9.17) is 16.4 Å². The predicted octanol–water partition coefficient (Wildman–Crippen LogP) is 3.48. The highest BCUT2D eigenvalue weighted by Gasteiger charge is 2.31. The van der Waals surface area contributed by atoms with Gasteiger partial charge in [0.1, 0.15) is 12.9 Å². The van der Waals surface area contributed by atoms with Crippen LogP contribution in [0.15, 0.2) is 60.0 Å². The fraction of sp³-hybridized carbons (Fsp3) is 0.367. The van der Waals surface area contributed by atoms with E-state index in [2.05, 4.69) is 37.5 Å². The van der Waals surface area contributed by atoms with Gasteiger partial charge in [-0.3, -0.25) is 14.5 Å². The number of piperazine rings is 1. The molecule has 2 aromatic carbocycles. The SMILES string of the molecule is CON=C(C)c1cnc(-c2ccc(N3CCN(C(=O)CN4CC[C@@H](C(=O)Nc5ccc(O)c(Cl)c5)C4)CC3)cc2)nc1. The summed E-state index contributed by atoms with van der Waals surface area (Å²) in [5.41, 5.74) is 4.06. The van der Waals surface area contributed by atoms with Crippen LogP contribution in [-0.4, -0.2) is 95.3 Å². The Morgan fingerprint density at radius 1 is 1.07 bits per heavy atom. The molecule has 0 aliphatic carbocycles. The minimum atomic E-state index is -0.206. The van der Waals surface area contributed by atoms with E-state index in [-0.39, 0.29) is 28.5 Å². The van der Waals surface area contributed by atoms with Crippen molar-refractivity contribution < 1.29 is 19.5 Å². The second-order valence-electron chi connectivity index (χ2n) is 10.4. The minimum Gasteiger partial charge on any atom is -0.506 e. The van der Waals surface area contributed by atoms with Crippen molar-refractivity contribution in [2.75, 3.05) is 63.1 Å². The summed E-state index contributed by atoms with van der Waals surface area (Å²) in [6.45, 7) is 6.15. The number of carbonyl (C=O) groups is 2. The largest absolute Gasteiger partial charge is 0.506 e. The second-order valence-corrected chi connectivity index (χ2v) is 10.9. The molecule has 3 heterocycles. The molecule has 0 saturated carbocycles. The molecular weight excluding hydrogens is 558 g/mol. The number of anilines is 2. The maximum Gasteiger partial charge on any atom is 0.236 e. The van der Waals surface area contributed by atoms with Crippen molar-refractivity contribution >= 4 is 40.5 Å². The molecular formula is C30H34ClN7O4. The fourth-order valence-electron chi connectivity index (χ4n) is 5.20. The number of oxime groups is 1. The number of hydrogen-bond acceptors (Lipinski definition) is 9. The van der Waals surface area contributed by atoms with Crippen molar-refractivity contribution in [1.29, 1.82) is 0 Å². The summed E-state index contributed by atoms with van der Waals surface area (Å²) in [4.78, 5) is 45.7. The molecule has 2 fully saturated rings. The van der Waals surface area contributed by atoms with E-state index in [1.165, 1.54) is 19.2 Å². The van der Waals surface area contributed by atoms with Gasteiger partial charge in [-0.25, -0.2) is 9.97 Å². The van der Waals surface area contributed by atoms with Crippen LogP contribution in [0, 0.1) is 5.92 Å². The van der Waals surface area contributed by atoms with E-state index in [1.54, 1.807) is 18.5 Å². The van der Waals surface area contributed by atoms with Crippen LogP contribution in [0.3, 0.4) is 0 Å². The third-order valence-corrected chi connectivity index (χ3v) is 7.94. The Labute approximate surface area is 249 Å². The molecule has 1 atom stereocenters. The van der Waals surface area contributed by atoms with Crippen molar-refractivity contribution in [3.63, 3.8) is 0 Å². The first kappa shape index (κ1) is 29.3. The van der Waals surface area contributed by atoms with Crippen molar-refractivity contribution in [1.82, 2.24) is 19.8 Å². The average molecular weight is 592 g/mol. The zero-order chi connectivity index (χ0) is 29.6. The van der Waals surface area contributed by atoms with Gasteiger partial charge in [0.2, 0.25) is 11.8 Å². The lowest BCUT2D eigenvalue weighted by molar-refractivity contribution is -0.132. The van der Waals surface area contributed by atoms with Gasteiger partial charge in [0.15, 0.2) is 5.82 Å². The fourth-order valence-corrected chi connectivity index (χ4v) is 5.38. The van der Waals surface area contributed by atoms with Crippen LogP contribution in [0.2, 0.25) is 5.02 Å². The summed E-state index contributed by atoms with van der Waals surface area (Å²) in [5, 5.41) is 16.5. The zero-order valence-electron chi connectivity index (χ0n) is 23.7. The summed E-state index contributed by atoms with van der Waals surface area (Å²) in [5.74, 6) is 0.375. The zero-order valence-corrected chi connectivity index (χ0v) is 24.4. The molecule has 220 valence electrons. The molecule has 3 aromatic rings. The lowest BCUT2D eigenvalue weighted by Gasteiger charge is -2.36. The monoisotopic (exact) mass is 591 g/mol. The Kier molecular flexibility index (Phi) is 9.19. The topological polar surface area (TPSA) is 123 Å². The summed E-state index contributed by atoms with van der Waals surface area (Å²) < 4.78 is 0. The normalized spacial score (nSPS) is 17.8. The summed E-state index contributed by atoms with van der Waals surface area (Å²) in [6.07, 6.45) is 4.15. The molecule has 0 bridgehead atoms. The first-order chi connectivity index (χ1) is 20.3. The number of phenols is 1. The number of benzene rings is 2. The first-order valence-electron chi connectivity index (χ1n) is 13.9. The Bertz CT molecular complexity index is 1440. The van der Waals surface area contributed by atoms with Gasteiger partial charge in [-0.2, -0.15) is 0 Å². The lowest BCUT2D eigenvalue weighted by Crippen LogP contribution is -2.51. The highest BCUT2D eigenvalue weighted by Crippen LogP contribution is 2.27. The molecule has 12 heteroatoms. The Balaban J connectivity index is 1.07. The smallest absolute Gasteiger partial charge is 0.236 e. The highest BCUT2D eigenvalue weighted by molar-refractivity contribution is 6.32. The van der Waals surface area contributed by atoms with Crippen molar-refractivity contribution in [2.24, 2.45) is 11.1 Å². The number of carbonyl (C=O) groups excluding carboxylic acids is 2. The summed E-state index contributed by atoms with van der Waals surface area (Å²) in [7, 11) is 1.50. The van der Waals surface area contributed by atoms with Gasteiger partial charge >= 0.3 is 0 Å². The van der Waals surface area contributed by atoms with Crippen molar-refractivity contribution in [3.05, 3.63) is 65.4 Å². The number of rotatable bonds is 8. The second kappa shape index (κ2) is 13.2. The number of halogens is 1. The molecule has 0 unspecified atom stereocenters. The van der Waals surface area contributed by atoms with Crippen LogP contribution < -0.4 is 10.2 Å². The van der Waals surface area contributed by atoms with E-state index < -0.39 is 0 Å². The Morgan fingerprint density at radius 2 is 1.79 bits per heavy atom. The van der Waals surface area contributed by atoms with E-state index >= 15 is 0 Å². The number of hydrogen-bond donors (Lipinski definition) is 2. The average Bonchev–Trinajstić information content (AvgIpc) is 3.48. The van der Waals surface area contributed by atoms with E-state index in [9.17, 15) is 14.7 Å². The van der Waals surface area contributed by atoms with E-state index in [0.717, 1.165) is 29.9 Å². The molecule has 42 heavy (non-hydrogen) atoms. The number of nitrogens with zero attached hydrogens (tertiary/aromatic N) is 6. The first-order valence-corrected chi connectivity index (χ1v) is 14.2. The van der Waals surface area contributed by atoms with Gasteiger partial charge in [-0.05, 0) is 62.4 Å². The highest BCUT2D eigenvalue weighted by atomic mass is 35.5. The van der Waals surface area contributed by atoms with Crippen LogP contribution >= 0.6 is 11.6 Å². The van der Waals surface area contributed by atoms with Crippen LogP contribution in [0.25, 0.3) is 11.4 Å². The van der Waals surface area contributed by atoms with Gasteiger partial charge in [0.25, 0.3) is 0 Å².